The van der Waals surface area contributed by atoms with Gasteiger partial charge in [-0.1, -0.05) is 30.3 Å². The maximum absolute atomic E-state index is 13.0. The number of benzene rings is 5. The number of amides is 2. The molecule has 8 aromatic rings. The van der Waals surface area contributed by atoms with Crippen LogP contribution in [0.25, 0.3) is 22.5 Å². The fourth-order valence-electron chi connectivity index (χ4n) is 6.01. The Hall–Kier alpha value is -7.94. The Kier molecular flexibility index (Phi) is 18.9. The molecular formula is C51H44ClF2N7O8S2. The normalized spacial score (nSPS) is 10.9. The lowest BCUT2D eigenvalue weighted by Gasteiger charge is -2.09. The molecule has 8 rings (SSSR count). The number of ether oxygens (including phenoxy) is 2. The topological polar surface area (TPSA) is 222 Å². The molecule has 3 heterocycles. The van der Waals surface area contributed by atoms with Gasteiger partial charge in [0.25, 0.3) is 20.9 Å². The van der Waals surface area contributed by atoms with Gasteiger partial charge < -0.3 is 25.8 Å². The van der Waals surface area contributed by atoms with Crippen LogP contribution in [0.5, 0.6) is 23.0 Å². The molecule has 0 unspecified atom stereocenters. The molecule has 0 radical (unpaired) electrons. The van der Waals surface area contributed by atoms with Crippen molar-refractivity contribution in [1.29, 1.82) is 0 Å². The van der Waals surface area contributed by atoms with Crippen LogP contribution in [-0.2, 0) is 19.1 Å². The van der Waals surface area contributed by atoms with Crippen molar-refractivity contribution in [2.75, 3.05) is 26.2 Å². The van der Waals surface area contributed by atoms with Gasteiger partial charge in [-0.15, -0.1) is 0 Å². The second-order valence-corrected chi connectivity index (χ2v) is 18.9. The Labute approximate surface area is 413 Å². The number of carbonyl (C=O) groups is 2. The van der Waals surface area contributed by atoms with E-state index in [0.717, 1.165) is 11.1 Å². The zero-order valence-electron chi connectivity index (χ0n) is 37.4. The van der Waals surface area contributed by atoms with Gasteiger partial charge in [-0.25, -0.2) is 40.3 Å². The van der Waals surface area contributed by atoms with E-state index in [2.05, 4.69) is 30.3 Å². The van der Waals surface area contributed by atoms with Crippen LogP contribution in [0.2, 0.25) is 0 Å². The maximum atomic E-state index is 13.0. The van der Waals surface area contributed by atoms with E-state index in [9.17, 15) is 35.2 Å². The lowest BCUT2D eigenvalue weighted by molar-refractivity contribution is 0.0941. The first-order valence-corrected chi connectivity index (χ1v) is 25.1. The molecule has 0 atom stereocenters. The first-order chi connectivity index (χ1) is 34.2. The predicted octanol–water partition coefficient (Wildman–Crippen LogP) is 8.77. The van der Waals surface area contributed by atoms with Crippen molar-refractivity contribution in [3.8, 4) is 45.5 Å². The zero-order valence-corrected chi connectivity index (χ0v) is 39.8. The van der Waals surface area contributed by atoms with Crippen LogP contribution in [0.1, 0.15) is 21.0 Å². The molecule has 0 aliphatic rings. The van der Waals surface area contributed by atoms with E-state index in [0.29, 0.717) is 53.2 Å². The Morgan fingerprint density at radius 1 is 0.521 bits per heavy atom. The summed E-state index contributed by atoms with van der Waals surface area (Å²) in [6, 6.07) is 47.1. The second-order valence-electron chi connectivity index (χ2n) is 14.6. The molecule has 0 aliphatic carbocycles. The predicted molar refractivity (Wildman–Crippen MR) is 265 cm³/mol. The standard InChI is InChI=1S/C25H21FN4O4S.C20H18FN3O2.C6H5ClO2S/c26-19-8-12-21(13-9-19)34-20-10-6-18(7-11-20)23-4-1-5-24(30-23)25(31)28-15-16-29-35(32,33)22-3-2-14-27-17-22;21-15-6-10-17(11-7-15)26-16-8-4-14(5-9-16)18-2-1-3-19(24-18)20(25)23-13-12-22;7-10(8,9)6-4-2-1-3-5-6/h1-14,17,29H,15-16H2,(H,28,31);1-11H,12-13,22H2,(H,23,25);1-5H. The van der Waals surface area contributed by atoms with Crippen LogP contribution in [0.4, 0.5) is 8.78 Å². The van der Waals surface area contributed by atoms with Crippen LogP contribution in [0, 0.1) is 11.6 Å². The minimum atomic E-state index is -3.70. The van der Waals surface area contributed by atoms with Crippen molar-refractivity contribution < 1.29 is 44.7 Å². The molecule has 2 amide bonds. The molecule has 0 saturated carbocycles. The van der Waals surface area contributed by atoms with E-state index in [1.54, 1.807) is 97.1 Å². The Morgan fingerprint density at radius 2 is 0.958 bits per heavy atom. The van der Waals surface area contributed by atoms with Crippen LogP contribution in [0.15, 0.2) is 198 Å². The van der Waals surface area contributed by atoms with Gasteiger partial charge in [0.15, 0.2) is 0 Å². The van der Waals surface area contributed by atoms with E-state index in [1.807, 2.05) is 18.2 Å². The van der Waals surface area contributed by atoms with Gasteiger partial charge in [0.1, 0.15) is 50.9 Å². The van der Waals surface area contributed by atoms with E-state index < -0.39 is 25.0 Å². The summed E-state index contributed by atoms with van der Waals surface area (Å²) >= 11 is 0. The number of hydrogen-bond acceptors (Lipinski definition) is 12. The quantitative estimate of drug-likeness (QED) is 0.0527. The molecule has 0 bridgehead atoms. The van der Waals surface area contributed by atoms with Crippen LogP contribution in [-0.4, -0.2) is 69.8 Å². The molecular weight excluding hydrogens is 976 g/mol. The van der Waals surface area contributed by atoms with Gasteiger partial charge in [0.05, 0.1) is 16.3 Å². The summed E-state index contributed by atoms with van der Waals surface area (Å²) in [6.07, 6.45) is 2.73. The van der Waals surface area contributed by atoms with Crippen molar-refractivity contribution in [2.45, 2.75) is 9.79 Å². The number of nitrogens with one attached hydrogen (secondary N) is 3. The number of rotatable bonds is 16. The molecule has 15 nitrogen and oxygen atoms in total. The van der Waals surface area contributed by atoms with E-state index in [-0.39, 0.29) is 46.1 Å². The van der Waals surface area contributed by atoms with Crippen molar-refractivity contribution in [3.05, 3.63) is 211 Å². The van der Waals surface area contributed by atoms with Gasteiger partial charge in [0, 0.05) is 60.4 Å². The third kappa shape index (κ3) is 16.6. The molecule has 5 N–H and O–H groups in total. The highest BCUT2D eigenvalue weighted by molar-refractivity contribution is 8.13. The average Bonchev–Trinajstić information content (AvgIpc) is 3.39. The molecule has 364 valence electrons. The van der Waals surface area contributed by atoms with Gasteiger partial charge in [0.2, 0.25) is 10.0 Å². The molecule has 0 spiro atoms. The number of aromatic nitrogens is 3. The van der Waals surface area contributed by atoms with Crippen molar-refractivity contribution in [2.24, 2.45) is 5.73 Å². The SMILES string of the molecule is NCCNC(=O)c1cccc(-c2ccc(Oc3ccc(F)cc3)cc2)n1.O=C(NCCNS(=O)(=O)c1cccnc1)c1cccc(-c2ccc(Oc3ccc(F)cc3)cc2)n1.O=S(=O)(Cl)c1ccccc1. The minimum absolute atomic E-state index is 0.0121. The number of halogens is 3. The molecule has 0 fully saturated rings. The maximum Gasteiger partial charge on any atom is 0.269 e. The fraction of sp³-hybridized carbons (Fsp3) is 0.0784. The van der Waals surface area contributed by atoms with Crippen molar-refractivity contribution >= 4 is 41.6 Å². The van der Waals surface area contributed by atoms with E-state index in [1.165, 1.54) is 73.1 Å². The first-order valence-electron chi connectivity index (χ1n) is 21.3. The van der Waals surface area contributed by atoms with Crippen LogP contribution in [0.3, 0.4) is 0 Å². The summed E-state index contributed by atoms with van der Waals surface area (Å²) in [5.74, 6) is 0.926. The third-order valence-electron chi connectivity index (χ3n) is 9.46. The number of hydrogen-bond donors (Lipinski definition) is 4. The summed E-state index contributed by atoms with van der Waals surface area (Å²) in [4.78, 5) is 37.2. The summed E-state index contributed by atoms with van der Waals surface area (Å²) < 4.78 is 85.3. The lowest BCUT2D eigenvalue weighted by atomic mass is 10.1. The Morgan fingerprint density at radius 3 is 1.37 bits per heavy atom. The van der Waals surface area contributed by atoms with E-state index in [4.69, 9.17) is 25.9 Å². The summed E-state index contributed by atoms with van der Waals surface area (Å²) in [6.45, 7) is 0.874. The van der Waals surface area contributed by atoms with Crippen LogP contribution >= 0.6 is 10.7 Å². The largest absolute Gasteiger partial charge is 0.457 e. The molecule has 0 saturated heterocycles. The van der Waals surface area contributed by atoms with Gasteiger partial charge in [-0.3, -0.25) is 14.6 Å². The molecule has 5 aromatic carbocycles. The Bertz CT molecular complexity index is 3220. The number of pyridine rings is 3. The highest BCUT2D eigenvalue weighted by atomic mass is 35.7. The number of carbonyl (C=O) groups excluding carboxylic acids is 2. The number of nitrogens with two attached hydrogens (primary N) is 1. The number of sulfonamides is 1. The minimum Gasteiger partial charge on any atom is -0.457 e. The molecule has 3 aromatic heterocycles. The van der Waals surface area contributed by atoms with Crippen molar-refractivity contribution in [3.63, 3.8) is 0 Å². The third-order valence-corrected chi connectivity index (χ3v) is 12.3. The highest BCUT2D eigenvalue weighted by Crippen LogP contribution is 2.27. The summed E-state index contributed by atoms with van der Waals surface area (Å²) in [5, 5.41) is 5.35. The molecule has 71 heavy (non-hydrogen) atoms. The Balaban J connectivity index is 0.000000200. The average molecular weight is 1020 g/mol. The number of nitrogens with zero attached hydrogens (tertiary/aromatic N) is 3. The lowest BCUT2D eigenvalue weighted by Crippen LogP contribution is -2.35. The monoisotopic (exact) mass is 1020 g/mol. The molecule has 0 aliphatic heterocycles. The van der Waals surface area contributed by atoms with Gasteiger partial charge in [-0.2, -0.15) is 0 Å². The fourth-order valence-corrected chi connectivity index (χ4v) is 7.80. The highest BCUT2D eigenvalue weighted by Gasteiger charge is 2.15. The second kappa shape index (κ2) is 25.6. The molecule has 20 heteroatoms. The summed E-state index contributed by atoms with van der Waals surface area (Å²) in [5.41, 5.74) is 8.81. The summed E-state index contributed by atoms with van der Waals surface area (Å²) in [7, 11) is -2.20. The zero-order chi connectivity index (χ0) is 50.6. The van der Waals surface area contributed by atoms with Gasteiger partial charge in [-0.05, 0) is 146 Å². The first kappa shape index (κ1) is 52.4. The van der Waals surface area contributed by atoms with E-state index >= 15 is 0 Å². The van der Waals surface area contributed by atoms with Crippen LogP contribution < -0.4 is 30.6 Å². The van der Waals surface area contributed by atoms with Crippen molar-refractivity contribution in [1.82, 2.24) is 30.3 Å². The smallest absolute Gasteiger partial charge is 0.269 e. The van der Waals surface area contributed by atoms with Gasteiger partial charge >= 0.3 is 0 Å².